The molecule has 0 aliphatic carbocycles. The Morgan fingerprint density at radius 3 is 2.88 bits per heavy atom. The highest BCUT2D eigenvalue weighted by Gasteiger charge is 2.15. The molecule has 5 heteroatoms. The fourth-order valence-electron chi connectivity index (χ4n) is 1.89. The summed E-state index contributed by atoms with van der Waals surface area (Å²) < 4.78 is 0.840. The van der Waals surface area contributed by atoms with Crippen molar-refractivity contribution in [2.45, 2.75) is 18.9 Å². The molecule has 3 nitrogen and oxygen atoms in total. The largest absolute Gasteiger partial charge is 0.350 e. The molecule has 2 N–H and O–H groups in total. The molecule has 0 saturated carbocycles. The van der Waals surface area contributed by atoms with Gasteiger partial charge in [0.15, 0.2) is 0 Å². The van der Waals surface area contributed by atoms with Crippen LogP contribution in [0.1, 0.15) is 23.2 Å². The molecule has 0 radical (unpaired) electrons. The molecular weight excluding hydrogens is 304 g/mol. The Kier molecular flexibility index (Phi) is 5.95. The van der Waals surface area contributed by atoms with Crippen molar-refractivity contribution in [2.24, 2.45) is 0 Å². The molecule has 0 aromatic heterocycles. The van der Waals surface area contributed by atoms with Crippen molar-refractivity contribution in [3.05, 3.63) is 34.3 Å². The molecule has 1 aromatic carbocycles. The van der Waals surface area contributed by atoms with E-state index >= 15 is 0 Å². The van der Waals surface area contributed by atoms with Crippen molar-refractivity contribution in [3.8, 4) is 0 Å². The average molecular weight is 320 g/mol. The molecule has 0 bridgehead atoms. The maximum absolute atomic E-state index is 11.9. The summed E-state index contributed by atoms with van der Waals surface area (Å²) in [6, 6.07) is 7.91. The van der Waals surface area contributed by atoms with Crippen LogP contribution in [0.15, 0.2) is 28.7 Å². The van der Waals surface area contributed by atoms with Crippen LogP contribution in [0.2, 0.25) is 0 Å². The van der Waals surface area contributed by atoms with Gasteiger partial charge in [0.2, 0.25) is 0 Å². The summed E-state index contributed by atoms with van der Waals surface area (Å²) >= 11 is 3.37. The van der Waals surface area contributed by atoms with Crippen LogP contribution in [-0.4, -0.2) is 25.0 Å². The second-order valence-corrected chi connectivity index (χ2v) is 4.84. The number of halogens is 2. The highest BCUT2D eigenvalue weighted by molar-refractivity contribution is 9.10. The van der Waals surface area contributed by atoms with Gasteiger partial charge in [0.05, 0.1) is 5.56 Å². The molecule has 94 valence electrons. The zero-order valence-electron chi connectivity index (χ0n) is 9.41. The topological polar surface area (TPSA) is 41.1 Å². The maximum Gasteiger partial charge on any atom is 0.252 e. The van der Waals surface area contributed by atoms with Crippen LogP contribution in [0.3, 0.4) is 0 Å². The lowest BCUT2D eigenvalue weighted by molar-refractivity contribution is 0.0949. The summed E-state index contributed by atoms with van der Waals surface area (Å²) in [6.45, 7) is 1.77. The van der Waals surface area contributed by atoms with Gasteiger partial charge in [0.25, 0.3) is 5.91 Å². The third kappa shape index (κ3) is 3.98. The summed E-state index contributed by atoms with van der Waals surface area (Å²) in [5.41, 5.74) is 0.695. The van der Waals surface area contributed by atoms with Crippen LogP contribution in [-0.2, 0) is 0 Å². The summed E-state index contributed by atoms with van der Waals surface area (Å²) in [5.74, 6) is -0.0128. The van der Waals surface area contributed by atoms with E-state index in [-0.39, 0.29) is 18.3 Å². The number of carbonyl (C=O) groups is 1. The lowest BCUT2D eigenvalue weighted by Gasteiger charge is -2.12. The van der Waals surface area contributed by atoms with E-state index in [1.165, 1.54) is 6.42 Å². The van der Waals surface area contributed by atoms with E-state index < -0.39 is 0 Å². The number of amides is 1. The smallest absolute Gasteiger partial charge is 0.252 e. The minimum Gasteiger partial charge on any atom is -0.350 e. The van der Waals surface area contributed by atoms with Gasteiger partial charge in [0, 0.05) is 17.1 Å². The number of hydrogen-bond donors (Lipinski definition) is 2. The molecule has 17 heavy (non-hydrogen) atoms. The van der Waals surface area contributed by atoms with Crippen LogP contribution in [0.5, 0.6) is 0 Å². The van der Waals surface area contributed by atoms with Crippen LogP contribution in [0.4, 0.5) is 0 Å². The van der Waals surface area contributed by atoms with Crippen molar-refractivity contribution in [3.63, 3.8) is 0 Å². The van der Waals surface area contributed by atoms with E-state index in [4.69, 9.17) is 0 Å². The minimum atomic E-state index is -0.0128. The lowest BCUT2D eigenvalue weighted by Crippen LogP contribution is -2.37. The van der Waals surface area contributed by atoms with Gasteiger partial charge in [-0.15, -0.1) is 12.4 Å². The third-order valence-corrected chi connectivity index (χ3v) is 3.48. The summed E-state index contributed by atoms with van der Waals surface area (Å²) in [5, 5.41) is 6.30. The standard InChI is InChI=1S/C12H15BrN2O.ClH/c13-11-6-2-1-5-10(11)12(16)15-8-9-4-3-7-14-9;/h1-2,5-6,9,14H,3-4,7-8H2,(H,15,16);1H. The van der Waals surface area contributed by atoms with Gasteiger partial charge in [-0.05, 0) is 47.4 Å². The first kappa shape index (κ1) is 14.5. The SMILES string of the molecule is Cl.O=C(NCC1CCCN1)c1ccccc1Br. The zero-order valence-corrected chi connectivity index (χ0v) is 11.8. The first-order chi connectivity index (χ1) is 7.77. The Bertz CT molecular complexity index is 381. The van der Waals surface area contributed by atoms with Gasteiger partial charge in [-0.25, -0.2) is 0 Å². The van der Waals surface area contributed by atoms with Crippen LogP contribution >= 0.6 is 28.3 Å². The Morgan fingerprint density at radius 1 is 1.47 bits per heavy atom. The Morgan fingerprint density at radius 2 is 2.24 bits per heavy atom. The van der Waals surface area contributed by atoms with Gasteiger partial charge < -0.3 is 10.6 Å². The van der Waals surface area contributed by atoms with Crippen LogP contribution in [0, 0.1) is 0 Å². The highest BCUT2D eigenvalue weighted by Crippen LogP contribution is 2.15. The molecule has 1 aromatic rings. The Hall–Kier alpha value is -0.580. The van der Waals surface area contributed by atoms with Crippen molar-refractivity contribution in [1.82, 2.24) is 10.6 Å². The van der Waals surface area contributed by atoms with Gasteiger partial charge in [0.1, 0.15) is 0 Å². The van der Waals surface area contributed by atoms with Gasteiger partial charge in [-0.2, -0.15) is 0 Å². The normalized spacial score (nSPS) is 18.5. The van der Waals surface area contributed by atoms with E-state index in [2.05, 4.69) is 26.6 Å². The highest BCUT2D eigenvalue weighted by atomic mass is 79.9. The molecule has 0 spiro atoms. The molecule has 1 saturated heterocycles. The molecule has 1 aliphatic rings. The van der Waals surface area contributed by atoms with E-state index in [0.717, 1.165) is 17.4 Å². The molecule has 1 heterocycles. The first-order valence-electron chi connectivity index (χ1n) is 5.53. The van der Waals surface area contributed by atoms with Crippen molar-refractivity contribution in [2.75, 3.05) is 13.1 Å². The number of carbonyl (C=O) groups excluding carboxylic acids is 1. The molecule has 1 fully saturated rings. The van der Waals surface area contributed by atoms with Gasteiger partial charge in [-0.1, -0.05) is 12.1 Å². The fraction of sp³-hybridized carbons (Fsp3) is 0.417. The van der Waals surface area contributed by atoms with E-state index in [1.54, 1.807) is 0 Å². The second-order valence-electron chi connectivity index (χ2n) is 3.98. The number of benzene rings is 1. The lowest BCUT2D eigenvalue weighted by atomic mass is 10.2. The fourth-order valence-corrected chi connectivity index (χ4v) is 2.35. The van der Waals surface area contributed by atoms with Crippen LogP contribution < -0.4 is 10.6 Å². The number of rotatable bonds is 3. The predicted molar refractivity (Wildman–Crippen MR) is 74.7 cm³/mol. The van der Waals surface area contributed by atoms with E-state index in [9.17, 15) is 4.79 Å². The van der Waals surface area contributed by atoms with Crippen LogP contribution in [0.25, 0.3) is 0 Å². The summed E-state index contributed by atoms with van der Waals surface area (Å²) in [6.07, 6.45) is 2.35. The Labute approximate surface area is 116 Å². The number of nitrogens with one attached hydrogen (secondary N) is 2. The van der Waals surface area contributed by atoms with E-state index in [1.807, 2.05) is 24.3 Å². The van der Waals surface area contributed by atoms with Crippen molar-refractivity contribution in [1.29, 1.82) is 0 Å². The second kappa shape index (κ2) is 6.99. The molecule has 1 aliphatic heterocycles. The van der Waals surface area contributed by atoms with Crippen molar-refractivity contribution < 1.29 is 4.79 Å². The molecule has 2 rings (SSSR count). The minimum absolute atomic E-state index is 0. The summed E-state index contributed by atoms with van der Waals surface area (Å²) in [7, 11) is 0. The zero-order chi connectivity index (χ0) is 11.4. The molecule has 1 unspecified atom stereocenters. The van der Waals surface area contributed by atoms with E-state index in [0.29, 0.717) is 18.2 Å². The predicted octanol–water partition coefficient (Wildman–Crippen LogP) is 2.35. The van der Waals surface area contributed by atoms with Gasteiger partial charge >= 0.3 is 0 Å². The quantitative estimate of drug-likeness (QED) is 0.898. The molecule has 1 atom stereocenters. The molecule has 1 amide bonds. The third-order valence-electron chi connectivity index (χ3n) is 2.79. The first-order valence-corrected chi connectivity index (χ1v) is 6.33. The molecular formula is C12H16BrClN2O. The monoisotopic (exact) mass is 318 g/mol. The maximum atomic E-state index is 11.9. The number of hydrogen-bond acceptors (Lipinski definition) is 2. The summed E-state index contributed by atoms with van der Waals surface area (Å²) in [4.78, 5) is 11.9. The van der Waals surface area contributed by atoms with Crippen molar-refractivity contribution >= 4 is 34.2 Å². The Balaban J connectivity index is 0.00000144. The average Bonchev–Trinajstić information content (AvgIpc) is 2.79. The van der Waals surface area contributed by atoms with Gasteiger partial charge in [-0.3, -0.25) is 4.79 Å².